The van der Waals surface area contributed by atoms with Crippen LogP contribution in [-0.4, -0.2) is 23.0 Å². The summed E-state index contributed by atoms with van der Waals surface area (Å²) in [6.07, 6.45) is 32.4. The van der Waals surface area contributed by atoms with Crippen LogP contribution in [0.15, 0.2) is 72.9 Å². The van der Waals surface area contributed by atoms with E-state index in [0.717, 1.165) is 38.5 Å². The summed E-state index contributed by atoms with van der Waals surface area (Å²) < 4.78 is 0. The van der Waals surface area contributed by atoms with Crippen molar-refractivity contribution in [3.05, 3.63) is 72.9 Å². The summed E-state index contributed by atoms with van der Waals surface area (Å²) in [5.41, 5.74) is 0. The lowest BCUT2D eigenvalue weighted by Gasteiger charge is -2.17. The summed E-state index contributed by atoms with van der Waals surface area (Å²) in [5.74, 6) is -1.34. The molecule has 1 atom stereocenters. The molecule has 0 fully saturated rings. The van der Waals surface area contributed by atoms with Gasteiger partial charge in [0.2, 0.25) is 5.91 Å². The molecule has 0 aromatic carbocycles. The molecule has 0 spiro atoms. The molecular formula is C27H41NO3. The molecule has 0 aromatic heterocycles. The molecule has 0 aliphatic carbocycles. The minimum atomic E-state index is -0.989. The van der Waals surface area contributed by atoms with Crippen molar-refractivity contribution in [3.8, 4) is 0 Å². The largest absolute Gasteiger partial charge is 0.480 e. The molecule has 0 aliphatic heterocycles. The topological polar surface area (TPSA) is 66.4 Å². The highest BCUT2D eigenvalue weighted by molar-refractivity contribution is 5.83. The van der Waals surface area contributed by atoms with Gasteiger partial charge >= 0.3 is 5.97 Å². The highest BCUT2D eigenvalue weighted by Gasteiger charge is 2.22. The van der Waals surface area contributed by atoms with Crippen LogP contribution < -0.4 is 5.32 Å². The summed E-state index contributed by atoms with van der Waals surface area (Å²) in [4.78, 5) is 22.9. The fourth-order valence-corrected chi connectivity index (χ4v) is 2.61. The lowest BCUT2D eigenvalue weighted by Crippen LogP contribution is -2.44. The summed E-state index contributed by atoms with van der Waals surface area (Å²) in [6.45, 7) is 5.71. The molecule has 0 rings (SSSR count). The molecule has 2 N–H and O–H groups in total. The number of carbonyl (C=O) groups is 2. The van der Waals surface area contributed by atoms with Gasteiger partial charge in [-0.1, -0.05) is 93.7 Å². The molecule has 4 nitrogen and oxygen atoms in total. The number of aliphatic carboxylic acids is 1. The third kappa shape index (κ3) is 19.1. The van der Waals surface area contributed by atoms with Gasteiger partial charge in [0.25, 0.3) is 0 Å². The molecule has 0 saturated heterocycles. The lowest BCUT2D eigenvalue weighted by molar-refractivity contribution is -0.143. The predicted molar refractivity (Wildman–Crippen MR) is 132 cm³/mol. The van der Waals surface area contributed by atoms with Crippen molar-refractivity contribution in [3.63, 3.8) is 0 Å². The van der Waals surface area contributed by atoms with Gasteiger partial charge in [0.15, 0.2) is 0 Å². The van der Waals surface area contributed by atoms with Crippen molar-refractivity contribution >= 4 is 11.9 Å². The van der Waals surface area contributed by atoms with Crippen LogP contribution in [0.25, 0.3) is 0 Å². The smallest absolute Gasteiger partial charge is 0.326 e. The van der Waals surface area contributed by atoms with Gasteiger partial charge in [0.05, 0.1) is 0 Å². The maximum absolute atomic E-state index is 11.8. The van der Waals surface area contributed by atoms with Crippen LogP contribution >= 0.6 is 0 Å². The number of carboxylic acid groups (broad SMARTS) is 1. The number of carboxylic acids is 1. The van der Waals surface area contributed by atoms with Crippen molar-refractivity contribution in [2.45, 2.75) is 78.2 Å². The highest BCUT2D eigenvalue weighted by atomic mass is 16.4. The number of hydrogen-bond donors (Lipinski definition) is 2. The standard InChI is InChI=1S/C27H41NO3/c1-4-5-6-7-8-9-10-11-12-13-14-15-16-17-18-19-20-21-22-23-25(29)28-26(24(2)3)27(30)31/h5-6,8-9,11-12,14-15,17-18,20-21,24,26H,4,7,10,13,16,19,22-23H2,1-3H3,(H,28,29)(H,30,31)/t26-/m0/s1. The third-order valence-corrected chi connectivity index (χ3v) is 4.38. The van der Waals surface area contributed by atoms with Crippen LogP contribution in [0, 0.1) is 5.92 Å². The molecule has 4 heteroatoms. The Labute approximate surface area is 189 Å². The van der Waals surface area contributed by atoms with E-state index < -0.39 is 12.0 Å². The van der Waals surface area contributed by atoms with E-state index in [1.807, 2.05) is 12.2 Å². The van der Waals surface area contributed by atoms with Crippen LogP contribution in [-0.2, 0) is 9.59 Å². The van der Waals surface area contributed by atoms with Gasteiger partial charge < -0.3 is 10.4 Å². The zero-order valence-corrected chi connectivity index (χ0v) is 19.5. The van der Waals surface area contributed by atoms with E-state index in [9.17, 15) is 9.59 Å². The van der Waals surface area contributed by atoms with Gasteiger partial charge in [0.1, 0.15) is 6.04 Å². The summed E-state index contributed by atoms with van der Waals surface area (Å²) in [5, 5.41) is 11.6. The number of allylic oxidation sites excluding steroid dienone is 12. The first kappa shape index (κ1) is 28.4. The summed E-state index contributed by atoms with van der Waals surface area (Å²) in [7, 11) is 0. The molecule has 0 saturated carbocycles. The number of nitrogens with one attached hydrogen (secondary N) is 1. The second-order valence-corrected chi connectivity index (χ2v) is 7.58. The normalized spacial score (nSPS) is 13.8. The number of amides is 1. The molecule has 0 aromatic rings. The van der Waals surface area contributed by atoms with E-state index in [4.69, 9.17) is 5.11 Å². The molecule has 0 aliphatic rings. The lowest BCUT2D eigenvalue weighted by atomic mass is 10.0. The van der Waals surface area contributed by atoms with Crippen molar-refractivity contribution in [2.24, 2.45) is 5.92 Å². The Morgan fingerprint density at radius 1 is 0.710 bits per heavy atom. The second kappa shape index (κ2) is 20.6. The van der Waals surface area contributed by atoms with Crippen LogP contribution in [0.5, 0.6) is 0 Å². The molecule has 0 radical (unpaired) electrons. The molecule has 0 unspecified atom stereocenters. The van der Waals surface area contributed by atoms with Crippen LogP contribution in [0.3, 0.4) is 0 Å². The van der Waals surface area contributed by atoms with Crippen molar-refractivity contribution in [2.75, 3.05) is 0 Å². The number of rotatable bonds is 17. The number of hydrogen-bond acceptors (Lipinski definition) is 2. The fraction of sp³-hybridized carbons (Fsp3) is 0.481. The Hall–Kier alpha value is -2.62. The van der Waals surface area contributed by atoms with Gasteiger partial charge in [-0.05, 0) is 50.9 Å². The van der Waals surface area contributed by atoms with Crippen molar-refractivity contribution in [1.29, 1.82) is 0 Å². The first-order chi connectivity index (χ1) is 15.0. The third-order valence-electron chi connectivity index (χ3n) is 4.38. The van der Waals surface area contributed by atoms with Crippen LogP contribution in [0.4, 0.5) is 0 Å². The van der Waals surface area contributed by atoms with Gasteiger partial charge in [-0.25, -0.2) is 4.79 Å². The molecule has 31 heavy (non-hydrogen) atoms. The van der Waals surface area contributed by atoms with Gasteiger partial charge in [0, 0.05) is 6.42 Å². The van der Waals surface area contributed by atoms with Gasteiger partial charge in [-0.3, -0.25) is 4.79 Å². The molecule has 1 amide bonds. The minimum Gasteiger partial charge on any atom is -0.480 e. The SMILES string of the molecule is CCC=CCC=CCC=CCC=CCC=CCC=CCCC(=O)N[C@H](C(=O)O)C(C)C. The quantitative estimate of drug-likeness (QED) is 0.254. The van der Waals surface area contributed by atoms with Gasteiger partial charge in [-0.2, -0.15) is 0 Å². The Kier molecular flexibility index (Phi) is 18.9. The van der Waals surface area contributed by atoms with E-state index >= 15 is 0 Å². The minimum absolute atomic E-state index is 0.132. The highest BCUT2D eigenvalue weighted by Crippen LogP contribution is 2.03. The summed E-state index contributed by atoms with van der Waals surface area (Å²) >= 11 is 0. The summed E-state index contributed by atoms with van der Waals surface area (Å²) in [6, 6.07) is -0.822. The van der Waals surface area contributed by atoms with Gasteiger partial charge in [-0.15, -0.1) is 0 Å². The van der Waals surface area contributed by atoms with Crippen molar-refractivity contribution < 1.29 is 14.7 Å². The molecular weight excluding hydrogens is 386 g/mol. The maximum atomic E-state index is 11.8. The Morgan fingerprint density at radius 2 is 1.10 bits per heavy atom. The Morgan fingerprint density at radius 3 is 1.45 bits per heavy atom. The van der Waals surface area contributed by atoms with Crippen molar-refractivity contribution in [1.82, 2.24) is 5.32 Å². The molecule has 0 bridgehead atoms. The monoisotopic (exact) mass is 427 g/mol. The van der Waals surface area contributed by atoms with Crippen LogP contribution in [0.1, 0.15) is 72.1 Å². The average Bonchev–Trinajstić information content (AvgIpc) is 2.73. The molecule has 172 valence electrons. The van der Waals surface area contributed by atoms with E-state index in [1.165, 1.54) is 0 Å². The van der Waals surface area contributed by atoms with E-state index in [1.54, 1.807) is 13.8 Å². The second-order valence-electron chi connectivity index (χ2n) is 7.58. The predicted octanol–water partition coefficient (Wildman–Crippen LogP) is 6.69. The Bertz CT molecular complexity index is 651. The zero-order chi connectivity index (χ0) is 23.2. The molecule has 0 heterocycles. The van der Waals surface area contributed by atoms with E-state index in [2.05, 4.69) is 73.0 Å². The van der Waals surface area contributed by atoms with E-state index in [0.29, 0.717) is 12.8 Å². The Balaban J connectivity index is 3.76. The first-order valence-electron chi connectivity index (χ1n) is 11.4. The zero-order valence-electron chi connectivity index (χ0n) is 19.5. The average molecular weight is 428 g/mol. The first-order valence-corrected chi connectivity index (χ1v) is 11.4. The number of carbonyl (C=O) groups excluding carboxylic acids is 1. The van der Waals surface area contributed by atoms with Crippen LogP contribution in [0.2, 0.25) is 0 Å². The maximum Gasteiger partial charge on any atom is 0.326 e. The van der Waals surface area contributed by atoms with E-state index in [-0.39, 0.29) is 11.8 Å². The fourth-order valence-electron chi connectivity index (χ4n) is 2.61.